The number of ether oxygens (including phenoxy) is 5. The average Bonchev–Trinajstić information content (AvgIpc) is 3.31. The van der Waals surface area contributed by atoms with E-state index in [-0.39, 0.29) is 23.1 Å². The second-order valence-electron chi connectivity index (χ2n) is 14.6. The fourth-order valence-corrected chi connectivity index (χ4v) is 9.48. The topological polar surface area (TPSA) is 175 Å². The van der Waals surface area contributed by atoms with Gasteiger partial charge in [-0.1, -0.05) is 56.8 Å². The largest absolute Gasteiger partial charge is 0.459 e. The van der Waals surface area contributed by atoms with E-state index in [1.165, 1.54) is 39.8 Å². The number of carbonyl (C=O) groups excluding carboxylic acids is 4. The summed E-state index contributed by atoms with van der Waals surface area (Å²) in [6, 6.07) is 16.1. The first kappa shape index (κ1) is 35.7. The van der Waals surface area contributed by atoms with E-state index in [0.717, 1.165) is 6.92 Å². The van der Waals surface area contributed by atoms with Crippen LogP contribution in [0.2, 0.25) is 0 Å². The molecule has 1 spiro atoms. The van der Waals surface area contributed by atoms with Crippen molar-refractivity contribution in [1.29, 1.82) is 0 Å². The fraction of sp³-hybridized carbons (Fsp3) is 0.526. The smallest absolute Gasteiger partial charge is 0.338 e. The lowest BCUT2D eigenvalue weighted by molar-refractivity contribution is -0.389. The molecule has 2 aromatic carbocycles. The van der Waals surface area contributed by atoms with Crippen molar-refractivity contribution in [2.75, 3.05) is 0 Å². The van der Waals surface area contributed by atoms with Crippen LogP contribution in [-0.4, -0.2) is 92.1 Å². The molecule has 2 aromatic rings. The maximum Gasteiger partial charge on any atom is 0.338 e. The summed E-state index contributed by atoms with van der Waals surface area (Å²) in [5, 5.41) is 37.9. The van der Waals surface area contributed by atoms with E-state index in [1.54, 1.807) is 55.5 Å². The summed E-state index contributed by atoms with van der Waals surface area (Å²) in [5.41, 5.74) is -7.67. The van der Waals surface area contributed by atoms with Crippen LogP contribution in [-0.2, 0) is 33.3 Å². The molecule has 2 saturated carbocycles. The summed E-state index contributed by atoms with van der Waals surface area (Å²) in [7, 11) is 0. The Morgan fingerprint density at radius 1 is 0.780 bits per heavy atom. The van der Waals surface area contributed by atoms with Crippen molar-refractivity contribution in [1.82, 2.24) is 0 Å². The van der Waals surface area contributed by atoms with Crippen molar-refractivity contribution in [3.05, 3.63) is 83.9 Å². The predicted molar refractivity (Wildman–Crippen MR) is 175 cm³/mol. The monoisotopic (exact) mass is 692 g/mol. The molecule has 0 unspecified atom stereocenters. The third-order valence-electron chi connectivity index (χ3n) is 11.6. The average molecular weight is 693 g/mol. The molecular weight excluding hydrogens is 648 g/mol. The Bertz CT molecular complexity index is 1700. The van der Waals surface area contributed by atoms with Crippen molar-refractivity contribution < 1.29 is 58.2 Å². The van der Waals surface area contributed by atoms with Gasteiger partial charge in [-0.15, -0.1) is 0 Å². The second-order valence-corrected chi connectivity index (χ2v) is 14.6. The minimum Gasteiger partial charge on any atom is -0.459 e. The van der Waals surface area contributed by atoms with E-state index >= 15 is 0 Å². The van der Waals surface area contributed by atoms with Crippen molar-refractivity contribution in [3.63, 3.8) is 0 Å². The first-order chi connectivity index (χ1) is 23.4. The van der Waals surface area contributed by atoms with E-state index in [2.05, 4.69) is 6.58 Å². The predicted octanol–water partition coefficient (Wildman–Crippen LogP) is 3.16. The summed E-state index contributed by atoms with van der Waals surface area (Å²) in [4.78, 5) is 53.2. The van der Waals surface area contributed by atoms with Gasteiger partial charge >= 0.3 is 23.9 Å². The summed E-state index contributed by atoms with van der Waals surface area (Å²) < 4.78 is 31.2. The van der Waals surface area contributed by atoms with E-state index in [0.29, 0.717) is 0 Å². The SMILES string of the molecule is C=C(C)[C@@]1(O)[C@H](OC(=O)c2ccccc2)[C@@H]2[C@H](OC(C)=O)[C@@]3(C)O[C@@]4([C@@H]3OC(=O)c3ccccc3)[C@@H](OC(C)=O)[C@@H](C)C[C@H]4[C@@]2(O)[C@H](C)[C@@H]1O. The van der Waals surface area contributed by atoms with Gasteiger partial charge < -0.3 is 39.0 Å². The molecule has 13 atom stereocenters. The van der Waals surface area contributed by atoms with E-state index < -0.39 is 100 Å². The van der Waals surface area contributed by atoms with Crippen molar-refractivity contribution in [3.8, 4) is 0 Å². The Morgan fingerprint density at radius 2 is 1.28 bits per heavy atom. The Labute approximate surface area is 290 Å². The quantitative estimate of drug-likeness (QED) is 0.220. The van der Waals surface area contributed by atoms with Gasteiger partial charge in [0, 0.05) is 25.7 Å². The normalized spacial score (nSPS) is 41.3. The fourth-order valence-electron chi connectivity index (χ4n) is 9.48. The molecule has 6 rings (SSSR count). The maximum absolute atomic E-state index is 13.8. The molecule has 0 radical (unpaired) electrons. The molecule has 268 valence electrons. The number of carbonyl (C=O) groups is 4. The first-order valence-corrected chi connectivity index (χ1v) is 16.8. The number of rotatable bonds is 7. The standard InChI is InChI=1S/C38H44O12/c1-19(2)36(44)28(41)21(4)37(45)26-18-20(3)29(46-22(5)39)38(26)34(49-33(43)25-16-12-9-13-17-25)35(7,50-38)30(47-23(6)40)27(37)31(36)48-32(42)24-14-10-8-11-15-24/h8-17,20-21,26-31,34,41,44-45H,1,18H2,2-7H3/t20-,21+,26-,27-,28-,29-,30-,31+,34+,35+,36-,37-,38+/m0/s1. The zero-order chi connectivity index (χ0) is 36.6. The molecule has 2 heterocycles. The van der Waals surface area contributed by atoms with Gasteiger partial charge in [0.2, 0.25) is 0 Å². The molecular formula is C38H44O12. The highest BCUT2D eigenvalue weighted by Gasteiger charge is 2.88. The Hall–Kier alpha value is -4.10. The first-order valence-electron chi connectivity index (χ1n) is 16.8. The van der Waals surface area contributed by atoms with Gasteiger partial charge in [-0.2, -0.15) is 0 Å². The summed E-state index contributed by atoms with van der Waals surface area (Å²) >= 11 is 0. The number of hydrogen-bond donors (Lipinski definition) is 3. The van der Waals surface area contributed by atoms with Crippen LogP contribution in [0.3, 0.4) is 0 Å². The lowest BCUT2D eigenvalue weighted by Gasteiger charge is -2.62. The summed E-state index contributed by atoms with van der Waals surface area (Å²) in [5.74, 6) is -7.37. The van der Waals surface area contributed by atoms with Crippen LogP contribution in [0, 0.1) is 23.7 Å². The highest BCUT2D eigenvalue weighted by Crippen LogP contribution is 2.70. The van der Waals surface area contributed by atoms with Crippen LogP contribution in [0.25, 0.3) is 0 Å². The molecule has 12 heteroatoms. The van der Waals surface area contributed by atoms with Crippen LogP contribution < -0.4 is 0 Å². The number of benzene rings is 2. The van der Waals surface area contributed by atoms with E-state index in [1.807, 2.05) is 0 Å². The molecule has 2 bridgehead atoms. The Morgan fingerprint density at radius 3 is 1.78 bits per heavy atom. The van der Waals surface area contributed by atoms with Crippen LogP contribution in [0.5, 0.6) is 0 Å². The number of aliphatic hydroxyl groups is 3. The minimum atomic E-state index is -2.37. The molecule has 0 amide bonds. The molecule has 12 nitrogen and oxygen atoms in total. The van der Waals surface area contributed by atoms with Gasteiger partial charge in [0.1, 0.15) is 29.5 Å². The van der Waals surface area contributed by atoms with Gasteiger partial charge in [0.25, 0.3) is 0 Å². The third kappa shape index (κ3) is 4.94. The van der Waals surface area contributed by atoms with Crippen LogP contribution in [0.1, 0.15) is 68.7 Å². The number of fused-ring (bicyclic) bond motifs is 3. The number of hydrogen-bond acceptors (Lipinski definition) is 12. The summed E-state index contributed by atoms with van der Waals surface area (Å²) in [6.45, 7) is 12.6. The van der Waals surface area contributed by atoms with Gasteiger partial charge in [-0.3, -0.25) is 9.59 Å². The van der Waals surface area contributed by atoms with Crippen LogP contribution in [0.15, 0.2) is 72.8 Å². The number of esters is 4. The van der Waals surface area contributed by atoms with Crippen molar-refractivity contribution in [2.24, 2.45) is 23.7 Å². The summed E-state index contributed by atoms with van der Waals surface area (Å²) in [6.07, 6.45) is -7.37. The van der Waals surface area contributed by atoms with E-state index in [9.17, 15) is 34.5 Å². The van der Waals surface area contributed by atoms with Crippen molar-refractivity contribution in [2.45, 2.75) is 101 Å². The Kier molecular flexibility index (Phi) is 8.78. The maximum atomic E-state index is 13.8. The molecule has 50 heavy (non-hydrogen) atoms. The zero-order valence-electron chi connectivity index (χ0n) is 28.9. The second kappa shape index (κ2) is 12.3. The zero-order valence-corrected chi connectivity index (χ0v) is 28.9. The molecule has 2 aliphatic carbocycles. The van der Waals surface area contributed by atoms with Crippen LogP contribution >= 0.6 is 0 Å². The molecule has 2 aliphatic heterocycles. The van der Waals surface area contributed by atoms with Crippen molar-refractivity contribution >= 4 is 23.9 Å². The third-order valence-corrected chi connectivity index (χ3v) is 11.6. The molecule has 0 aromatic heterocycles. The highest BCUT2D eigenvalue weighted by molar-refractivity contribution is 5.90. The van der Waals surface area contributed by atoms with Gasteiger partial charge in [0.05, 0.1) is 28.7 Å². The molecule has 3 N–H and O–H groups in total. The van der Waals surface area contributed by atoms with Crippen LogP contribution in [0.4, 0.5) is 0 Å². The number of aliphatic hydroxyl groups excluding tert-OH is 1. The molecule has 2 saturated heterocycles. The highest BCUT2D eigenvalue weighted by atomic mass is 16.7. The van der Waals surface area contributed by atoms with Gasteiger partial charge in [-0.05, 0) is 56.0 Å². The Balaban J connectivity index is 1.61. The molecule has 4 fully saturated rings. The minimum absolute atomic E-state index is 0.0216. The molecule has 4 aliphatic rings. The lowest BCUT2D eigenvalue weighted by Crippen LogP contribution is -2.80. The van der Waals surface area contributed by atoms with E-state index in [4.69, 9.17) is 23.7 Å². The lowest BCUT2D eigenvalue weighted by atomic mass is 9.53. The van der Waals surface area contributed by atoms with Gasteiger partial charge in [0.15, 0.2) is 11.7 Å². The van der Waals surface area contributed by atoms with Gasteiger partial charge in [-0.25, -0.2) is 9.59 Å².